The molecule has 2 fully saturated rings. The van der Waals surface area contributed by atoms with Crippen molar-refractivity contribution < 1.29 is 86.3 Å². The normalized spacial score (nSPS) is 27.7. The number of amides is 1. The second-order valence-electron chi connectivity index (χ2n) is 20.5. The quantitative estimate of drug-likeness (QED) is 0.0366. The molecule has 3 rings (SSSR count). The van der Waals surface area contributed by atoms with Crippen LogP contribution in [-0.4, -0.2) is 171 Å². The molecule has 1 aromatic heterocycles. The summed E-state index contributed by atoms with van der Waals surface area (Å²) in [6, 6.07) is -0.611. The van der Waals surface area contributed by atoms with E-state index in [0.717, 1.165) is 16.7 Å². The van der Waals surface area contributed by atoms with Crippen molar-refractivity contribution >= 4 is 27.6 Å². The number of oxazole rings is 1. The smallest absolute Gasteiger partial charge is 0.481 e. The van der Waals surface area contributed by atoms with E-state index in [4.69, 9.17) is 27.9 Å². The van der Waals surface area contributed by atoms with Gasteiger partial charge in [0, 0.05) is 62.7 Å². The first kappa shape index (κ1) is 65.3. The van der Waals surface area contributed by atoms with E-state index in [1.807, 2.05) is 58.9 Å². The monoisotopic (exact) mass is 1090 g/mol. The zero-order valence-corrected chi connectivity index (χ0v) is 47.1. The molecular weight excluding hydrogens is 1010 g/mol. The molecule has 0 bridgehead atoms. The fourth-order valence-corrected chi connectivity index (χ4v) is 11.1. The molecule has 424 valence electrons. The highest BCUT2D eigenvalue weighted by atomic mass is 31.3. The van der Waals surface area contributed by atoms with Crippen molar-refractivity contribution in [3.63, 3.8) is 0 Å². The molecule has 2 saturated heterocycles. The van der Waals surface area contributed by atoms with E-state index in [-0.39, 0.29) is 38.3 Å². The lowest BCUT2D eigenvalue weighted by atomic mass is 9.72. The third-order valence-electron chi connectivity index (χ3n) is 14.3. The number of allylic oxidation sites excluding steroid dienone is 6. The van der Waals surface area contributed by atoms with Crippen LogP contribution in [0.3, 0.4) is 0 Å². The number of phosphoric ester groups is 1. The van der Waals surface area contributed by atoms with Gasteiger partial charge < -0.3 is 79.1 Å². The zero-order valence-electron chi connectivity index (χ0n) is 45.3. The predicted molar refractivity (Wildman–Crippen MR) is 277 cm³/mol. The summed E-state index contributed by atoms with van der Waals surface area (Å²) in [6.45, 7) is 16.4. The van der Waals surface area contributed by atoms with Crippen LogP contribution in [0.25, 0.3) is 11.4 Å². The van der Waals surface area contributed by atoms with E-state index in [9.17, 15) is 54.1 Å². The van der Waals surface area contributed by atoms with Crippen molar-refractivity contribution in [2.24, 2.45) is 23.2 Å². The number of aliphatic hydroxyl groups is 5. The average molecular weight is 1090 g/mol. The van der Waals surface area contributed by atoms with Crippen LogP contribution in [0.15, 0.2) is 64.0 Å². The highest BCUT2D eigenvalue weighted by Crippen LogP contribution is 2.63. The molecule has 2 aliphatic heterocycles. The Bertz CT molecular complexity index is 2200. The molecular formula is C50H85N4O18P2-. The van der Waals surface area contributed by atoms with Crippen LogP contribution in [0.2, 0.25) is 0 Å². The second-order valence-corrected chi connectivity index (χ2v) is 23.3. The molecule has 24 heteroatoms. The number of likely N-dealkylation sites (N-methyl/N-ethyl adjacent to an activating group) is 1. The maximum atomic E-state index is 13.3. The van der Waals surface area contributed by atoms with E-state index >= 15 is 0 Å². The van der Waals surface area contributed by atoms with Crippen molar-refractivity contribution in [3.05, 3.63) is 76.5 Å². The topological polar surface area (TPSA) is 324 Å². The molecule has 74 heavy (non-hydrogen) atoms. The third kappa shape index (κ3) is 18.1. The van der Waals surface area contributed by atoms with Gasteiger partial charge in [0.05, 0.1) is 43.2 Å². The van der Waals surface area contributed by atoms with Crippen LogP contribution >= 0.6 is 15.6 Å². The number of ether oxygens (including phenoxy) is 4. The van der Waals surface area contributed by atoms with Gasteiger partial charge in [-0.25, -0.2) is 14.1 Å². The van der Waals surface area contributed by atoms with Gasteiger partial charge in [0.1, 0.15) is 30.3 Å². The van der Waals surface area contributed by atoms with Gasteiger partial charge in [-0.05, 0) is 59.4 Å². The molecule has 16 unspecified atom stereocenters. The minimum atomic E-state index is -5.58. The molecule has 3 heterocycles. The highest BCUT2D eigenvalue weighted by molar-refractivity contribution is 7.60. The summed E-state index contributed by atoms with van der Waals surface area (Å²) >= 11 is 0. The van der Waals surface area contributed by atoms with Gasteiger partial charge in [-0.1, -0.05) is 83.1 Å². The molecule has 16 atom stereocenters. The molecule has 0 aromatic carbocycles. The van der Waals surface area contributed by atoms with Crippen LogP contribution < -0.4 is 5.32 Å². The SMILES string of the molecule is C[N-]C=C(C)C=CC=C(C)C(C)=CC(C)C(O)C(C)C(O)CC(OC)C1OC2(CC(O)C(C)C(CC=Cc3coc(C(C)CCNC(=O)C(O)C(O)C(COC)N(C)C)n3)O2)C(C)(C)C1OP(=O)(O)OP(=O)(O)O. The van der Waals surface area contributed by atoms with Crippen molar-refractivity contribution in [1.29, 1.82) is 0 Å². The first-order valence-corrected chi connectivity index (χ1v) is 27.8. The van der Waals surface area contributed by atoms with E-state index in [1.54, 1.807) is 72.1 Å². The van der Waals surface area contributed by atoms with E-state index < -0.39 is 111 Å². The van der Waals surface area contributed by atoms with E-state index in [1.165, 1.54) is 20.5 Å². The molecule has 0 radical (unpaired) electrons. The summed E-state index contributed by atoms with van der Waals surface area (Å²) in [4.78, 5) is 48.6. The third-order valence-corrected chi connectivity index (χ3v) is 16.4. The summed E-state index contributed by atoms with van der Waals surface area (Å²) in [5, 5.41) is 62.5. The van der Waals surface area contributed by atoms with Gasteiger partial charge in [0.25, 0.3) is 5.91 Å². The number of aliphatic hydroxyl groups excluding tert-OH is 5. The average Bonchev–Trinajstić information content (AvgIpc) is 3.86. The Kier molecular flexibility index (Phi) is 25.2. The largest absolute Gasteiger partial charge is 0.693 e. The fraction of sp³-hybridized carbons (Fsp3) is 0.720. The van der Waals surface area contributed by atoms with Crippen molar-refractivity contribution in [3.8, 4) is 0 Å². The lowest BCUT2D eigenvalue weighted by molar-refractivity contribution is -0.334. The minimum Gasteiger partial charge on any atom is -0.693 e. The van der Waals surface area contributed by atoms with Crippen LogP contribution in [0.4, 0.5) is 0 Å². The molecule has 1 aromatic rings. The Balaban J connectivity index is 1.82. The lowest BCUT2D eigenvalue weighted by Crippen LogP contribution is -2.58. The van der Waals surface area contributed by atoms with E-state index in [0.29, 0.717) is 18.0 Å². The molecule has 1 spiro atoms. The molecule has 9 N–H and O–H groups in total. The van der Waals surface area contributed by atoms with Crippen LogP contribution in [0.5, 0.6) is 0 Å². The number of nitrogens with zero attached hydrogens (tertiary/aromatic N) is 3. The summed E-state index contributed by atoms with van der Waals surface area (Å²) in [6.07, 6.45) is 3.25. The molecule has 1 amide bonds. The summed E-state index contributed by atoms with van der Waals surface area (Å²) in [5.41, 5.74) is 1.82. The summed E-state index contributed by atoms with van der Waals surface area (Å²) in [5.74, 6) is -4.05. The number of aromatic nitrogens is 1. The van der Waals surface area contributed by atoms with Gasteiger partial charge >= 0.3 is 15.6 Å². The molecule has 0 aliphatic carbocycles. The van der Waals surface area contributed by atoms with Crippen LogP contribution in [-0.2, 0) is 41.7 Å². The van der Waals surface area contributed by atoms with Crippen molar-refractivity contribution in [2.45, 2.75) is 161 Å². The first-order chi connectivity index (χ1) is 34.3. The Morgan fingerprint density at radius 1 is 1.04 bits per heavy atom. The summed E-state index contributed by atoms with van der Waals surface area (Å²) < 4.78 is 65.1. The zero-order chi connectivity index (χ0) is 56.1. The maximum absolute atomic E-state index is 13.3. The number of hydrogen-bond acceptors (Lipinski definition) is 17. The number of carbonyl (C=O) groups is 1. The number of phosphoric acid groups is 2. The van der Waals surface area contributed by atoms with Gasteiger partial charge in [-0.2, -0.15) is 10.5 Å². The first-order valence-electron chi connectivity index (χ1n) is 24.8. The van der Waals surface area contributed by atoms with Gasteiger partial charge in [-0.15, -0.1) is 7.05 Å². The molecule has 22 nitrogen and oxygen atoms in total. The number of nitrogens with one attached hydrogen (secondary N) is 1. The van der Waals surface area contributed by atoms with Crippen molar-refractivity contribution in [1.82, 2.24) is 15.2 Å². The second kappa shape index (κ2) is 28.6. The fourth-order valence-electron chi connectivity index (χ4n) is 9.21. The predicted octanol–water partition coefficient (Wildman–Crippen LogP) is 5.24. The van der Waals surface area contributed by atoms with Crippen LogP contribution in [0, 0.1) is 23.2 Å². The summed E-state index contributed by atoms with van der Waals surface area (Å²) in [7, 11) is -3.26. The highest BCUT2D eigenvalue weighted by Gasteiger charge is 2.68. The number of hydrogen-bond donors (Lipinski definition) is 9. The Morgan fingerprint density at radius 3 is 2.30 bits per heavy atom. The molecule has 0 saturated carbocycles. The van der Waals surface area contributed by atoms with Crippen LogP contribution in [0.1, 0.15) is 105 Å². The minimum absolute atomic E-state index is 0.106. The number of carbonyl (C=O) groups excluding carboxylic acids is 1. The van der Waals surface area contributed by atoms with Crippen molar-refractivity contribution in [2.75, 3.05) is 48.5 Å². The standard InChI is InChI=1S/C50H85N4O18P2/c1-29(26-51-10)17-15-18-30(2)32(4)23-33(5)42(57)35(7)38(55)24-41(67-14)45-46(71-74(64,65)72-73(61,62)63)49(8,9)50(70-45)25-39(56)34(6)40(69-50)20-16-19-36-27-68-48(53-36)31(3)21-22-52-47(60)44(59)43(58)37(28-66-13)54(11)12/h15-19,23,26-27,31,33-35,37-46,55-59H,20-22,24-25,28H2,1-14H3,(H,52,60)(H,64,65)(H2,61,62,63)/q-1. The Labute approximate surface area is 436 Å². The number of rotatable bonds is 29. The van der Waals surface area contributed by atoms with Gasteiger partial charge in [0.2, 0.25) is 0 Å². The Hall–Kier alpha value is -2.96. The molecule has 2 aliphatic rings. The lowest BCUT2D eigenvalue weighted by Gasteiger charge is -2.50. The van der Waals surface area contributed by atoms with Gasteiger partial charge in [0.15, 0.2) is 17.8 Å². The van der Waals surface area contributed by atoms with E-state index in [2.05, 4.69) is 19.9 Å². The number of methoxy groups -OCH3 is 2. The maximum Gasteiger partial charge on any atom is 0.481 e. The Morgan fingerprint density at radius 2 is 1.70 bits per heavy atom. The van der Waals surface area contributed by atoms with Gasteiger partial charge in [-0.3, -0.25) is 9.32 Å².